The average molecular weight is 345 g/mol. The fraction of sp³-hybridized carbons (Fsp3) is 0.647. The predicted octanol–water partition coefficient (Wildman–Crippen LogP) is 5.06. The smallest absolute Gasteiger partial charge is 0.264 e. The van der Waals surface area contributed by atoms with E-state index in [2.05, 4.69) is 19.1 Å². The third-order valence-electron chi connectivity index (χ3n) is 5.21. The summed E-state index contributed by atoms with van der Waals surface area (Å²) in [5.41, 5.74) is 1.56. The first-order valence-electron chi connectivity index (χ1n) is 8.03. The summed E-state index contributed by atoms with van der Waals surface area (Å²) in [6.07, 6.45) is 7.29. The summed E-state index contributed by atoms with van der Waals surface area (Å²) in [5, 5.41) is 0.754. The van der Waals surface area contributed by atoms with Gasteiger partial charge in [0.25, 0.3) is 10.1 Å². The molecule has 1 aliphatic rings. The molecule has 0 amide bonds. The van der Waals surface area contributed by atoms with E-state index in [4.69, 9.17) is 16.2 Å². The van der Waals surface area contributed by atoms with Gasteiger partial charge in [0.1, 0.15) is 0 Å². The Kier molecular flexibility index (Phi) is 5.92. The normalized spacial score (nSPS) is 19.2. The molecule has 1 unspecified atom stereocenters. The Hall–Kier alpha value is -0.580. The molecule has 0 radical (unpaired) electrons. The zero-order valence-electron chi connectivity index (χ0n) is 13.1. The van der Waals surface area contributed by atoms with Crippen molar-refractivity contribution in [2.24, 2.45) is 5.41 Å². The minimum Gasteiger partial charge on any atom is -0.286 e. The Labute approximate surface area is 138 Å². The summed E-state index contributed by atoms with van der Waals surface area (Å²) in [5.74, 6) is 0.316. The molecule has 2 rings (SSSR count). The van der Waals surface area contributed by atoms with Crippen LogP contribution in [0.5, 0.6) is 0 Å². The van der Waals surface area contributed by atoms with Crippen molar-refractivity contribution in [1.29, 1.82) is 0 Å². The first-order valence-corrected chi connectivity index (χ1v) is 10.0. The summed E-state index contributed by atoms with van der Waals surface area (Å²) < 4.78 is 30.5. The van der Waals surface area contributed by atoms with Gasteiger partial charge in [0.2, 0.25) is 0 Å². The minimum atomic E-state index is -3.83. The second kappa shape index (κ2) is 7.33. The molecule has 1 N–H and O–H groups in total. The monoisotopic (exact) mass is 344 g/mol. The van der Waals surface area contributed by atoms with Gasteiger partial charge in [0.05, 0.1) is 5.75 Å². The predicted molar refractivity (Wildman–Crippen MR) is 91.0 cm³/mol. The zero-order valence-corrected chi connectivity index (χ0v) is 14.7. The second-order valence-corrected chi connectivity index (χ2v) is 8.59. The highest BCUT2D eigenvalue weighted by Gasteiger charge is 2.38. The van der Waals surface area contributed by atoms with E-state index in [1.165, 1.54) is 31.2 Å². The lowest BCUT2D eigenvalue weighted by molar-refractivity contribution is 0.214. The third-order valence-corrected chi connectivity index (χ3v) is 6.27. The van der Waals surface area contributed by atoms with Crippen molar-refractivity contribution in [3.05, 3.63) is 34.9 Å². The molecule has 0 aromatic heterocycles. The Morgan fingerprint density at radius 3 is 2.32 bits per heavy atom. The van der Waals surface area contributed by atoms with Crippen LogP contribution in [-0.4, -0.2) is 18.7 Å². The van der Waals surface area contributed by atoms with Crippen LogP contribution in [0.2, 0.25) is 5.02 Å². The van der Waals surface area contributed by atoms with Gasteiger partial charge in [-0.25, -0.2) is 0 Å². The summed E-state index contributed by atoms with van der Waals surface area (Å²) in [6.45, 7) is 2.28. The summed E-state index contributed by atoms with van der Waals surface area (Å²) in [7, 11) is -3.83. The SMILES string of the molecule is CC(c1ccc(Cl)cc1)C1(CCCCS(=O)(=O)O)CCCC1. The maximum Gasteiger partial charge on any atom is 0.264 e. The molecule has 1 atom stereocenters. The first-order chi connectivity index (χ1) is 10.3. The molecule has 0 spiro atoms. The van der Waals surface area contributed by atoms with Crippen LogP contribution >= 0.6 is 11.6 Å². The highest BCUT2D eigenvalue weighted by molar-refractivity contribution is 7.85. The van der Waals surface area contributed by atoms with E-state index in [-0.39, 0.29) is 11.2 Å². The number of hydrogen-bond acceptors (Lipinski definition) is 2. The quantitative estimate of drug-likeness (QED) is 0.555. The molecule has 0 bridgehead atoms. The van der Waals surface area contributed by atoms with E-state index in [0.29, 0.717) is 12.3 Å². The number of hydrogen-bond donors (Lipinski definition) is 1. The summed E-state index contributed by atoms with van der Waals surface area (Å²) in [6, 6.07) is 8.08. The Morgan fingerprint density at radius 1 is 1.18 bits per heavy atom. The topological polar surface area (TPSA) is 54.4 Å². The molecule has 0 heterocycles. The van der Waals surface area contributed by atoms with Crippen LogP contribution in [0.15, 0.2) is 24.3 Å². The Balaban J connectivity index is 2.02. The fourth-order valence-corrected chi connectivity index (χ4v) is 4.54. The third kappa shape index (κ3) is 4.71. The molecule has 1 saturated carbocycles. The van der Waals surface area contributed by atoms with Gasteiger partial charge in [-0.3, -0.25) is 4.55 Å². The molecular formula is C17H25ClO3S. The van der Waals surface area contributed by atoms with Crippen LogP contribution in [0.1, 0.15) is 63.4 Å². The number of rotatable bonds is 7. The molecule has 1 aromatic rings. The van der Waals surface area contributed by atoms with Gasteiger partial charge in [-0.1, -0.05) is 49.9 Å². The number of halogens is 1. The first kappa shape index (κ1) is 17.8. The Morgan fingerprint density at radius 2 is 1.77 bits per heavy atom. The number of benzene rings is 1. The molecule has 5 heteroatoms. The van der Waals surface area contributed by atoms with Crippen molar-refractivity contribution in [3.8, 4) is 0 Å². The van der Waals surface area contributed by atoms with Gasteiger partial charge < -0.3 is 0 Å². The molecule has 1 fully saturated rings. The van der Waals surface area contributed by atoms with E-state index >= 15 is 0 Å². The molecule has 1 aromatic carbocycles. The van der Waals surface area contributed by atoms with Gasteiger partial charge in [0, 0.05) is 5.02 Å². The van der Waals surface area contributed by atoms with Crippen molar-refractivity contribution < 1.29 is 13.0 Å². The van der Waals surface area contributed by atoms with Gasteiger partial charge in [0.15, 0.2) is 0 Å². The van der Waals surface area contributed by atoms with Crippen molar-refractivity contribution in [3.63, 3.8) is 0 Å². The van der Waals surface area contributed by atoms with E-state index in [0.717, 1.165) is 17.9 Å². The van der Waals surface area contributed by atoms with Crippen molar-refractivity contribution >= 4 is 21.7 Å². The minimum absolute atomic E-state index is 0.127. The molecular weight excluding hydrogens is 320 g/mol. The van der Waals surface area contributed by atoms with Crippen molar-refractivity contribution in [2.45, 2.75) is 57.8 Å². The lowest BCUT2D eigenvalue weighted by atomic mass is 9.69. The van der Waals surface area contributed by atoms with Gasteiger partial charge in [-0.15, -0.1) is 0 Å². The van der Waals surface area contributed by atoms with E-state index < -0.39 is 10.1 Å². The van der Waals surface area contributed by atoms with Crippen LogP contribution in [0.3, 0.4) is 0 Å². The average Bonchev–Trinajstić information content (AvgIpc) is 2.93. The van der Waals surface area contributed by atoms with Crippen LogP contribution in [-0.2, 0) is 10.1 Å². The second-order valence-electron chi connectivity index (χ2n) is 6.59. The maximum atomic E-state index is 10.8. The van der Waals surface area contributed by atoms with Crippen molar-refractivity contribution in [2.75, 3.05) is 5.75 Å². The Bertz CT molecular complexity index is 574. The lowest BCUT2D eigenvalue weighted by Gasteiger charge is -2.36. The van der Waals surface area contributed by atoms with Gasteiger partial charge in [-0.05, 0) is 54.7 Å². The van der Waals surface area contributed by atoms with Crippen LogP contribution in [0.4, 0.5) is 0 Å². The fourth-order valence-electron chi connectivity index (χ4n) is 3.85. The molecule has 22 heavy (non-hydrogen) atoms. The highest BCUT2D eigenvalue weighted by atomic mass is 35.5. The number of unbranched alkanes of at least 4 members (excludes halogenated alkanes) is 1. The van der Waals surface area contributed by atoms with Gasteiger partial charge in [-0.2, -0.15) is 8.42 Å². The largest absolute Gasteiger partial charge is 0.286 e. The van der Waals surface area contributed by atoms with Crippen molar-refractivity contribution in [1.82, 2.24) is 0 Å². The zero-order chi connectivity index (χ0) is 16.2. The molecule has 0 aliphatic heterocycles. The lowest BCUT2D eigenvalue weighted by Crippen LogP contribution is -2.24. The van der Waals surface area contributed by atoms with Crippen LogP contribution in [0.25, 0.3) is 0 Å². The van der Waals surface area contributed by atoms with Crippen LogP contribution < -0.4 is 0 Å². The van der Waals surface area contributed by atoms with E-state index in [1.54, 1.807) is 0 Å². The highest BCUT2D eigenvalue weighted by Crippen LogP contribution is 2.52. The van der Waals surface area contributed by atoms with Crippen LogP contribution in [0, 0.1) is 5.41 Å². The summed E-state index contributed by atoms with van der Waals surface area (Å²) in [4.78, 5) is 0. The van der Waals surface area contributed by atoms with E-state index in [9.17, 15) is 8.42 Å². The standard InChI is InChI=1S/C17H25ClO3S/c1-14(15-6-8-16(18)9-7-15)17(10-2-3-11-17)12-4-5-13-22(19,20)21/h6-9,14H,2-5,10-13H2,1H3,(H,19,20,21). The van der Waals surface area contributed by atoms with E-state index in [1.807, 2.05) is 12.1 Å². The maximum absolute atomic E-state index is 10.8. The molecule has 3 nitrogen and oxygen atoms in total. The van der Waals surface area contributed by atoms with Gasteiger partial charge >= 0.3 is 0 Å². The summed E-state index contributed by atoms with van der Waals surface area (Å²) >= 11 is 5.98. The molecule has 0 saturated heterocycles. The molecule has 124 valence electrons. The molecule has 1 aliphatic carbocycles.